The number of aliphatic hydroxyl groups is 1. The number of likely N-dealkylation sites (tertiary alicyclic amines) is 1. The summed E-state index contributed by atoms with van der Waals surface area (Å²) in [4.78, 5) is 3.85. The maximum Gasteiger partial charge on any atom is 0.179 e. The molecule has 0 amide bonds. The highest BCUT2D eigenvalue weighted by molar-refractivity contribution is 7.99. The van der Waals surface area contributed by atoms with Crippen molar-refractivity contribution < 1.29 is 9.50 Å². The Morgan fingerprint density at radius 3 is 2.53 bits per heavy atom. The number of nitrogens with zero attached hydrogens (tertiary/aromatic N) is 2. The zero-order chi connectivity index (χ0) is 22.1. The van der Waals surface area contributed by atoms with Gasteiger partial charge in [-0.05, 0) is 65.8 Å². The van der Waals surface area contributed by atoms with Crippen LogP contribution in [0.1, 0.15) is 24.6 Å². The van der Waals surface area contributed by atoms with Crippen molar-refractivity contribution in [1.82, 2.24) is 10.2 Å². The molecular formula is C26H24FN3OS. The summed E-state index contributed by atoms with van der Waals surface area (Å²) in [5.74, 6) is 0.183. The van der Waals surface area contributed by atoms with Gasteiger partial charge in [0.25, 0.3) is 0 Å². The first-order chi connectivity index (χ1) is 15.6. The molecule has 3 atom stereocenters. The smallest absolute Gasteiger partial charge is 0.179 e. The van der Waals surface area contributed by atoms with E-state index in [1.807, 2.05) is 36.4 Å². The molecule has 1 heterocycles. The summed E-state index contributed by atoms with van der Waals surface area (Å²) in [7, 11) is 0. The summed E-state index contributed by atoms with van der Waals surface area (Å²) in [5.41, 5.74) is 2.80. The number of nitrogens with one attached hydrogen (secondary N) is 1. The number of fused-ring (bicyclic) bond motifs is 1. The van der Waals surface area contributed by atoms with E-state index in [0.717, 1.165) is 45.9 Å². The average molecular weight is 446 g/mol. The van der Waals surface area contributed by atoms with E-state index in [-0.39, 0.29) is 11.4 Å². The van der Waals surface area contributed by atoms with Gasteiger partial charge in [-0.3, -0.25) is 5.32 Å². The van der Waals surface area contributed by atoms with Crippen molar-refractivity contribution in [3.05, 3.63) is 84.2 Å². The van der Waals surface area contributed by atoms with Gasteiger partial charge in [0.2, 0.25) is 0 Å². The molecule has 4 nitrogen and oxygen atoms in total. The summed E-state index contributed by atoms with van der Waals surface area (Å²) >= 11 is 1.60. The van der Waals surface area contributed by atoms with Gasteiger partial charge in [-0.15, -0.1) is 0 Å². The normalized spacial score (nSPS) is 22.7. The zero-order valence-electron chi connectivity index (χ0n) is 17.5. The van der Waals surface area contributed by atoms with Crippen LogP contribution in [-0.4, -0.2) is 28.6 Å². The molecular weight excluding hydrogens is 421 g/mol. The largest absolute Gasteiger partial charge is 0.374 e. The van der Waals surface area contributed by atoms with Crippen LogP contribution in [0.25, 0.3) is 11.1 Å². The molecule has 0 aromatic heterocycles. The van der Waals surface area contributed by atoms with Crippen LogP contribution in [-0.2, 0) is 0 Å². The summed E-state index contributed by atoms with van der Waals surface area (Å²) in [5, 5.41) is 23.5. The van der Waals surface area contributed by atoms with Gasteiger partial charge in [-0.25, -0.2) is 4.39 Å². The quantitative estimate of drug-likeness (QED) is 0.405. The second-order valence-electron chi connectivity index (χ2n) is 8.59. The fourth-order valence-corrected chi connectivity index (χ4v) is 5.75. The molecule has 2 unspecified atom stereocenters. The lowest BCUT2D eigenvalue weighted by Crippen LogP contribution is -2.59. The van der Waals surface area contributed by atoms with Crippen LogP contribution >= 0.6 is 11.8 Å². The average Bonchev–Trinajstić information content (AvgIpc) is 3.05. The minimum Gasteiger partial charge on any atom is -0.374 e. The number of hydrogen-bond acceptors (Lipinski definition) is 5. The molecule has 0 bridgehead atoms. The Morgan fingerprint density at radius 1 is 1.09 bits per heavy atom. The number of rotatable bonds is 6. The molecule has 32 heavy (non-hydrogen) atoms. The van der Waals surface area contributed by atoms with Crippen LogP contribution in [0.5, 0.6) is 0 Å². The molecule has 2 fully saturated rings. The van der Waals surface area contributed by atoms with Gasteiger partial charge in [0, 0.05) is 28.4 Å². The van der Waals surface area contributed by atoms with Crippen LogP contribution in [0, 0.1) is 23.2 Å². The van der Waals surface area contributed by atoms with Gasteiger partial charge in [-0.2, -0.15) is 5.26 Å². The topological polar surface area (TPSA) is 59.3 Å². The Labute approximate surface area is 191 Å². The molecule has 2 aliphatic rings. The van der Waals surface area contributed by atoms with E-state index in [2.05, 4.69) is 23.6 Å². The zero-order valence-corrected chi connectivity index (χ0v) is 18.4. The van der Waals surface area contributed by atoms with E-state index < -0.39 is 6.23 Å². The highest BCUT2D eigenvalue weighted by atomic mass is 32.2. The van der Waals surface area contributed by atoms with Crippen LogP contribution in [0.4, 0.5) is 4.39 Å². The third-order valence-electron chi connectivity index (χ3n) is 6.67. The molecule has 0 radical (unpaired) electrons. The van der Waals surface area contributed by atoms with Gasteiger partial charge >= 0.3 is 0 Å². The van der Waals surface area contributed by atoms with Crippen molar-refractivity contribution in [2.75, 3.05) is 13.1 Å². The molecule has 3 aromatic carbocycles. The minimum absolute atomic E-state index is 0.161. The first-order valence-corrected chi connectivity index (χ1v) is 11.6. The third kappa shape index (κ3) is 4.00. The van der Waals surface area contributed by atoms with Crippen molar-refractivity contribution in [3.8, 4) is 17.3 Å². The SMILES string of the molecule is N#CN1CC2CC[C@]2(NC(O)c2ccc(-c3ccccc3Sc3ccc(F)cc3)cc2)C1. The first-order valence-electron chi connectivity index (χ1n) is 10.8. The van der Waals surface area contributed by atoms with Crippen LogP contribution in [0.15, 0.2) is 82.6 Å². The minimum atomic E-state index is -0.769. The maximum atomic E-state index is 13.2. The Kier molecular flexibility index (Phi) is 5.64. The van der Waals surface area contributed by atoms with Gasteiger partial charge in [0.15, 0.2) is 6.19 Å². The molecule has 162 valence electrons. The predicted molar refractivity (Wildman–Crippen MR) is 123 cm³/mol. The second kappa shape index (κ2) is 8.59. The standard InChI is InChI=1S/C26H24FN3OS/c27-21-9-11-22(12-10-21)32-24-4-2-1-3-23(24)18-5-7-19(8-6-18)25(31)29-26-14-13-20(26)15-30(16-26)17-28/h1-12,20,25,29,31H,13-16H2/t20?,25?,26-/m0/s1. The number of aliphatic hydroxyl groups excluding tert-OH is 1. The summed E-state index contributed by atoms with van der Waals surface area (Å²) in [6.45, 7) is 1.44. The van der Waals surface area contributed by atoms with E-state index in [4.69, 9.17) is 0 Å². The lowest BCUT2D eigenvalue weighted by molar-refractivity contribution is 0.0340. The summed E-state index contributed by atoms with van der Waals surface area (Å²) in [6, 6.07) is 22.6. The van der Waals surface area contributed by atoms with E-state index in [9.17, 15) is 14.8 Å². The van der Waals surface area contributed by atoms with Crippen molar-refractivity contribution in [1.29, 1.82) is 5.26 Å². The van der Waals surface area contributed by atoms with Crippen molar-refractivity contribution >= 4 is 11.8 Å². The Hall–Kier alpha value is -2.85. The summed E-state index contributed by atoms with van der Waals surface area (Å²) < 4.78 is 13.2. The second-order valence-corrected chi connectivity index (χ2v) is 9.71. The van der Waals surface area contributed by atoms with E-state index in [1.165, 1.54) is 12.1 Å². The Balaban J connectivity index is 1.32. The van der Waals surface area contributed by atoms with Crippen LogP contribution < -0.4 is 5.32 Å². The lowest BCUT2D eigenvalue weighted by atomic mass is 9.69. The van der Waals surface area contributed by atoms with Crippen LogP contribution in [0.2, 0.25) is 0 Å². The van der Waals surface area contributed by atoms with Gasteiger partial charge < -0.3 is 10.0 Å². The van der Waals surface area contributed by atoms with E-state index in [0.29, 0.717) is 12.5 Å². The first kappa shape index (κ1) is 21.0. The van der Waals surface area contributed by atoms with Gasteiger partial charge in [-0.1, -0.05) is 54.2 Å². The fourth-order valence-electron chi connectivity index (χ4n) is 4.78. The summed E-state index contributed by atoms with van der Waals surface area (Å²) in [6.07, 6.45) is 3.56. The molecule has 2 N–H and O–H groups in total. The molecule has 1 aliphatic heterocycles. The lowest BCUT2D eigenvalue weighted by Gasteiger charge is -2.45. The van der Waals surface area contributed by atoms with Crippen molar-refractivity contribution in [2.45, 2.75) is 34.4 Å². The third-order valence-corrected chi connectivity index (χ3v) is 7.75. The number of hydrogen-bond donors (Lipinski definition) is 2. The van der Waals surface area contributed by atoms with Crippen molar-refractivity contribution in [3.63, 3.8) is 0 Å². The number of nitriles is 1. The van der Waals surface area contributed by atoms with E-state index >= 15 is 0 Å². The van der Waals surface area contributed by atoms with E-state index in [1.54, 1.807) is 28.8 Å². The molecule has 5 rings (SSSR count). The van der Waals surface area contributed by atoms with Gasteiger partial charge in [0.05, 0.1) is 0 Å². The molecule has 3 aromatic rings. The van der Waals surface area contributed by atoms with Gasteiger partial charge in [0.1, 0.15) is 12.0 Å². The monoisotopic (exact) mass is 445 g/mol. The highest BCUT2D eigenvalue weighted by Crippen LogP contribution is 2.45. The van der Waals surface area contributed by atoms with Crippen LogP contribution in [0.3, 0.4) is 0 Å². The Bertz CT molecular complexity index is 1140. The fraction of sp³-hybridized carbons (Fsp3) is 0.269. The predicted octanol–water partition coefficient (Wildman–Crippen LogP) is 5.17. The highest BCUT2D eigenvalue weighted by Gasteiger charge is 2.53. The number of halogens is 1. The molecule has 0 spiro atoms. The van der Waals surface area contributed by atoms with Crippen molar-refractivity contribution in [2.24, 2.45) is 5.92 Å². The molecule has 6 heteroatoms. The molecule has 1 saturated heterocycles. The number of benzene rings is 3. The molecule has 1 saturated carbocycles. The molecule has 1 aliphatic carbocycles. The Morgan fingerprint density at radius 2 is 1.84 bits per heavy atom. The maximum absolute atomic E-state index is 13.2.